The summed E-state index contributed by atoms with van der Waals surface area (Å²) in [6.07, 6.45) is 7.16. The molecule has 1 aromatic rings. The molecule has 2 aliphatic heterocycles. The molecule has 2 aliphatic rings. The third kappa shape index (κ3) is 5.47. The fourth-order valence-corrected chi connectivity index (χ4v) is 4.75. The Hall–Kier alpha value is -1.55. The van der Waals surface area contributed by atoms with Crippen molar-refractivity contribution in [2.45, 2.75) is 31.3 Å². The molecule has 3 rings (SSSR count). The molecule has 1 N–H and O–H groups in total. The molecule has 3 heterocycles. The number of sulfonamides is 1. The minimum atomic E-state index is -3.16. The molecular weight excluding hydrogens is 368 g/mol. The van der Waals surface area contributed by atoms with Gasteiger partial charge in [-0.2, -0.15) is 0 Å². The Morgan fingerprint density at radius 2 is 1.96 bits per heavy atom. The first kappa shape index (κ1) is 20.2. The molecule has 27 heavy (non-hydrogen) atoms. The predicted molar refractivity (Wildman–Crippen MR) is 102 cm³/mol. The van der Waals surface area contributed by atoms with Gasteiger partial charge in [0, 0.05) is 69.4 Å². The smallest absolute Gasteiger partial charge is 0.251 e. The van der Waals surface area contributed by atoms with Gasteiger partial charge in [0.05, 0.1) is 6.26 Å². The van der Waals surface area contributed by atoms with Crippen molar-refractivity contribution in [1.82, 2.24) is 19.5 Å². The number of ether oxygens (including phenoxy) is 1. The maximum Gasteiger partial charge on any atom is 0.251 e. The largest absolute Gasteiger partial charge is 0.381 e. The van der Waals surface area contributed by atoms with Crippen LogP contribution in [0.15, 0.2) is 24.5 Å². The molecule has 1 amide bonds. The van der Waals surface area contributed by atoms with Crippen LogP contribution in [0.5, 0.6) is 0 Å². The summed E-state index contributed by atoms with van der Waals surface area (Å²) in [5.41, 5.74) is 0.590. The molecule has 1 unspecified atom stereocenters. The molecule has 1 aromatic heterocycles. The van der Waals surface area contributed by atoms with E-state index in [0.717, 1.165) is 32.5 Å². The van der Waals surface area contributed by atoms with Gasteiger partial charge in [0.15, 0.2) is 0 Å². The molecule has 0 spiro atoms. The number of aromatic nitrogens is 1. The molecule has 0 radical (unpaired) electrons. The van der Waals surface area contributed by atoms with Crippen LogP contribution in [0.3, 0.4) is 0 Å². The van der Waals surface area contributed by atoms with Gasteiger partial charge in [0.2, 0.25) is 10.0 Å². The molecule has 0 aromatic carbocycles. The number of rotatable bonds is 7. The van der Waals surface area contributed by atoms with Crippen LogP contribution in [0.25, 0.3) is 0 Å². The number of hydrogen-bond donors (Lipinski definition) is 1. The topological polar surface area (TPSA) is 91.8 Å². The third-order valence-electron chi connectivity index (χ3n) is 5.32. The second-order valence-electron chi connectivity index (χ2n) is 7.14. The van der Waals surface area contributed by atoms with E-state index >= 15 is 0 Å². The Bertz CT molecular complexity index is 722. The lowest BCUT2D eigenvalue weighted by Gasteiger charge is -2.38. The molecule has 2 saturated heterocycles. The number of hydrogen-bond acceptors (Lipinski definition) is 6. The molecule has 9 heteroatoms. The van der Waals surface area contributed by atoms with Gasteiger partial charge < -0.3 is 10.1 Å². The van der Waals surface area contributed by atoms with Crippen molar-refractivity contribution >= 4 is 15.9 Å². The van der Waals surface area contributed by atoms with E-state index < -0.39 is 10.0 Å². The van der Waals surface area contributed by atoms with E-state index in [4.69, 9.17) is 4.74 Å². The zero-order valence-electron chi connectivity index (χ0n) is 15.7. The molecule has 0 saturated carbocycles. The lowest BCUT2D eigenvalue weighted by atomic mass is 10.0. The molecule has 1 atom stereocenters. The van der Waals surface area contributed by atoms with Crippen LogP contribution in [0, 0.1) is 0 Å². The predicted octanol–water partition coefficient (Wildman–Crippen LogP) is 0.326. The standard InChI is InChI=1S/C18H28N4O4S/c1-27(24,25)21-10-4-17(14-21)22(16-5-12-26-13-6-16)11-9-20-18(23)15-2-7-19-8-3-15/h2-3,7-8,16-17H,4-6,9-14H2,1H3,(H,20,23). The van der Waals surface area contributed by atoms with Crippen LogP contribution in [-0.2, 0) is 14.8 Å². The minimum Gasteiger partial charge on any atom is -0.381 e. The number of nitrogens with zero attached hydrogens (tertiary/aromatic N) is 3. The van der Waals surface area contributed by atoms with Crippen molar-refractivity contribution in [3.63, 3.8) is 0 Å². The minimum absolute atomic E-state index is 0.117. The fourth-order valence-electron chi connectivity index (χ4n) is 3.87. The van der Waals surface area contributed by atoms with Crippen molar-refractivity contribution < 1.29 is 17.9 Å². The van der Waals surface area contributed by atoms with E-state index in [2.05, 4.69) is 15.2 Å². The molecule has 150 valence electrons. The third-order valence-corrected chi connectivity index (χ3v) is 6.59. The number of amides is 1. The van der Waals surface area contributed by atoms with Crippen LogP contribution in [-0.4, -0.2) is 86.2 Å². The Morgan fingerprint density at radius 3 is 2.59 bits per heavy atom. The van der Waals surface area contributed by atoms with Crippen LogP contribution in [0.1, 0.15) is 29.6 Å². The van der Waals surface area contributed by atoms with Crippen molar-refractivity contribution in [3.05, 3.63) is 30.1 Å². The average Bonchev–Trinajstić information content (AvgIpc) is 3.17. The Kier molecular flexibility index (Phi) is 6.80. The van der Waals surface area contributed by atoms with Gasteiger partial charge in [0.1, 0.15) is 0 Å². The zero-order chi connectivity index (χ0) is 19.3. The summed E-state index contributed by atoms with van der Waals surface area (Å²) < 4.78 is 30.8. The van der Waals surface area contributed by atoms with Crippen molar-refractivity contribution in [2.24, 2.45) is 0 Å². The Balaban J connectivity index is 1.60. The van der Waals surface area contributed by atoms with Gasteiger partial charge in [-0.3, -0.25) is 14.7 Å². The lowest BCUT2D eigenvalue weighted by molar-refractivity contribution is 0.0194. The normalized spacial score (nSPS) is 22.2. The molecule has 2 fully saturated rings. The van der Waals surface area contributed by atoms with Crippen LogP contribution in [0.4, 0.5) is 0 Å². The van der Waals surface area contributed by atoms with E-state index in [1.807, 2.05) is 0 Å². The van der Waals surface area contributed by atoms with E-state index in [1.165, 1.54) is 6.26 Å². The van der Waals surface area contributed by atoms with Crippen molar-refractivity contribution in [3.8, 4) is 0 Å². The molecule has 0 bridgehead atoms. The summed E-state index contributed by atoms with van der Waals surface area (Å²) in [5, 5.41) is 2.96. The quantitative estimate of drug-likeness (QED) is 0.714. The highest BCUT2D eigenvalue weighted by molar-refractivity contribution is 7.88. The van der Waals surface area contributed by atoms with E-state index in [9.17, 15) is 13.2 Å². The van der Waals surface area contributed by atoms with Gasteiger partial charge in [-0.05, 0) is 31.4 Å². The number of carbonyl (C=O) groups is 1. The SMILES string of the molecule is CS(=O)(=O)N1CCC(N(CCNC(=O)c2ccncc2)C2CCOCC2)C1. The van der Waals surface area contributed by atoms with Crippen molar-refractivity contribution in [1.29, 1.82) is 0 Å². The molecular formula is C18H28N4O4S. The van der Waals surface area contributed by atoms with Crippen LogP contribution >= 0.6 is 0 Å². The second kappa shape index (κ2) is 9.09. The summed E-state index contributed by atoms with van der Waals surface area (Å²) >= 11 is 0. The van der Waals surface area contributed by atoms with Crippen molar-refractivity contribution in [2.75, 3.05) is 45.6 Å². The van der Waals surface area contributed by atoms with E-state index in [-0.39, 0.29) is 11.9 Å². The summed E-state index contributed by atoms with van der Waals surface area (Å²) in [6, 6.07) is 3.92. The van der Waals surface area contributed by atoms with E-state index in [1.54, 1.807) is 28.8 Å². The lowest BCUT2D eigenvalue weighted by Crippen LogP contribution is -2.50. The Labute approximate surface area is 160 Å². The van der Waals surface area contributed by atoms with Gasteiger partial charge in [-0.1, -0.05) is 0 Å². The highest BCUT2D eigenvalue weighted by Crippen LogP contribution is 2.24. The number of carbonyl (C=O) groups excluding carboxylic acids is 1. The maximum absolute atomic E-state index is 12.2. The van der Waals surface area contributed by atoms with E-state index in [0.29, 0.717) is 37.8 Å². The maximum atomic E-state index is 12.2. The highest BCUT2D eigenvalue weighted by atomic mass is 32.2. The number of pyridine rings is 1. The highest BCUT2D eigenvalue weighted by Gasteiger charge is 2.35. The summed E-state index contributed by atoms with van der Waals surface area (Å²) in [7, 11) is -3.16. The molecule has 8 nitrogen and oxygen atoms in total. The van der Waals surface area contributed by atoms with Gasteiger partial charge in [0.25, 0.3) is 5.91 Å². The van der Waals surface area contributed by atoms with Crippen LogP contribution in [0.2, 0.25) is 0 Å². The summed E-state index contributed by atoms with van der Waals surface area (Å²) in [6.45, 7) is 3.76. The Morgan fingerprint density at radius 1 is 1.26 bits per heavy atom. The van der Waals surface area contributed by atoms with Gasteiger partial charge >= 0.3 is 0 Å². The summed E-state index contributed by atoms with van der Waals surface area (Å²) in [5.74, 6) is -0.117. The van der Waals surface area contributed by atoms with Gasteiger partial charge in [-0.25, -0.2) is 12.7 Å². The zero-order valence-corrected chi connectivity index (χ0v) is 16.5. The fraction of sp³-hybridized carbons (Fsp3) is 0.667. The first-order valence-electron chi connectivity index (χ1n) is 9.42. The van der Waals surface area contributed by atoms with Gasteiger partial charge in [-0.15, -0.1) is 0 Å². The van der Waals surface area contributed by atoms with Crippen LogP contribution < -0.4 is 5.32 Å². The summed E-state index contributed by atoms with van der Waals surface area (Å²) in [4.78, 5) is 18.5. The first-order valence-corrected chi connectivity index (χ1v) is 11.3. The second-order valence-corrected chi connectivity index (χ2v) is 9.12. The first-order chi connectivity index (χ1) is 12.9. The molecule has 0 aliphatic carbocycles. The average molecular weight is 397 g/mol. The number of nitrogens with one attached hydrogen (secondary N) is 1. The monoisotopic (exact) mass is 396 g/mol.